The zero-order valence-electron chi connectivity index (χ0n) is 12.2. The van der Waals surface area contributed by atoms with Crippen LogP contribution in [0.2, 0.25) is 0 Å². The second-order valence-corrected chi connectivity index (χ2v) is 6.81. The van der Waals surface area contributed by atoms with Gasteiger partial charge in [-0.1, -0.05) is 37.6 Å². The van der Waals surface area contributed by atoms with Crippen LogP contribution in [0.4, 0.5) is 0 Å². The number of aliphatic hydroxyl groups excluding tert-OH is 1. The van der Waals surface area contributed by atoms with Gasteiger partial charge in [-0.25, -0.2) is 0 Å². The van der Waals surface area contributed by atoms with Crippen LogP contribution in [0, 0.1) is 25.2 Å². The van der Waals surface area contributed by atoms with Gasteiger partial charge in [0.2, 0.25) is 0 Å². The smallest absolute Gasteiger partial charge is 0.0820 e. The van der Waals surface area contributed by atoms with E-state index in [1.54, 1.807) is 0 Å². The number of benzene rings is 1. The average Bonchev–Trinajstić information content (AvgIpc) is 2.28. The van der Waals surface area contributed by atoms with Crippen molar-refractivity contribution in [3.05, 3.63) is 34.9 Å². The van der Waals surface area contributed by atoms with E-state index in [0.29, 0.717) is 11.3 Å². The highest BCUT2D eigenvalue weighted by Crippen LogP contribution is 2.43. The largest absolute Gasteiger partial charge is 0.388 e. The van der Waals surface area contributed by atoms with Crippen molar-refractivity contribution in [2.45, 2.75) is 59.5 Å². The molecule has 1 heteroatoms. The second-order valence-electron chi connectivity index (χ2n) is 6.81. The van der Waals surface area contributed by atoms with Crippen LogP contribution in [-0.2, 0) is 0 Å². The van der Waals surface area contributed by atoms with Gasteiger partial charge >= 0.3 is 0 Å². The quantitative estimate of drug-likeness (QED) is 0.811. The fourth-order valence-corrected chi connectivity index (χ4v) is 3.15. The molecule has 1 aromatic carbocycles. The summed E-state index contributed by atoms with van der Waals surface area (Å²) in [5, 5.41) is 10.6. The summed E-state index contributed by atoms with van der Waals surface area (Å²) in [6.45, 7) is 8.89. The molecule has 1 fully saturated rings. The van der Waals surface area contributed by atoms with E-state index >= 15 is 0 Å². The van der Waals surface area contributed by atoms with Crippen LogP contribution in [-0.4, -0.2) is 5.11 Å². The molecule has 0 radical (unpaired) electrons. The third-order valence-electron chi connectivity index (χ3n) is 4.57. The molecule has 1 nitrogen and oxygen atoms in total. The van der Waals surface area contributed by atoms with Crippen LogP contribution < -0.4 is 0 Å². The van der Waals surface area contributed by atoms with Crippen LogP contribution >= 0.6 is 0 Å². The van der Waals surface area contributed by atoms with Gasteiger partial charge in [0.25, 0.3) is 0 Å². The van der Waals surface area contributed by atoms with Crippen LogP contribution in [0.3, 0.4) is 0 Å². The lowest BCUT2D eigenvalue weighted by Crippen LogP contribution is -2.25. The normalized spacial score (nSPS) is 21.8. The maximum Gasteiger partial charge on any atom is 0.0820 e. The Bertz CT molecular complexity index is 410. The molecule has 18 heavy (non-hydrogen) atoms. The maximum absolute atomic E-state index is 10.6. The fraction of sp³-hybridized carbons (Fsp3) is 0.647. The third kappa shape index (κ3) is 2.95. The Morgan fingerprint density at radius 3 is 2.33 bits per heavy atom. The summed E-state index contributed by atoms with van der Waals surface area (Å²) >= 11 is 0. The van der Waals surface area contributed by atoms with Crippen LogP contribution in [0.1, 0.15) is 62.3 Å². The lowest BCUT2D eigenvalue weighted by atomic mass is 9.70. The van der Waals surface area contributed by atoms with E-state index in [1.165, 1.54) is 24.0 Å². The van der Waals surface area contributed by atoms with E-state index in [4.69, 9.17) is 0 Å². The molecule has 0 spiro atoms. The predicted octanol–water partition coefficient (Wildman–Crippen LogP) is 4.55. The first kappa shape index (κ1) is 13.6. The van der Waals surface area contributed by atoms with Crippen molar-refractivity contribution in [1.29, 1.82) is 0 Å². The van der Waals surface area contributed by atoms with Gasteiger partial charge in [-0.05, 0) is 62.0 Å². The van der Waals surface area contributed by atoms with Gasteiger partial charge in [0, 0.05) is 0 Å². The first-order valence-corrected chi connectivity index (χ1v) is 7.14. The number of aliphatic hydroxyl groups is 1. The Labute approximate surface area is 111 Å². The fourth-order valence-electron chi connectivity index (χ4n) is 3.15. The van der Waals surface area contributed by atoms with Crippen molar-refractivity contribution in [2.24, 2.45) is 11.3 Å². The molecule has 0 saturated heterocycles. The summed E-state index contributed by atoms with van der Waals surface area (Å²) in [5.74, 6) is 0.444. The van der Waals surface area contributed by atoms with Crippen LogP contribution in [0.25, 0.3) is 0 Å². The van der Waals surface area contributed by atoms with Gasteiger partial charge in [0.05, 0.1) is 6.10 Å². The Morgan fingerprint density at radius 1 is 1.17 bits per heavy atom. The summed E-state index contributed by atoms with van der Waals surface area (Å²) in [5.41, 5.74) is 4.10. The van der Waals surface area contributed by atoms with E-state index in [1.807, 2.05) is 0 Å². The molecule has 0 amide bonds. The van der Waals surface area contributed by atoms with Gasteiger partial charge in [-0.3, -0.25) is 0 Å². The molecule has 0 heterocycles. The average molecular weight is 246 g/mol. The van der Waals surface area contributed by atoms with Gasteiger partial charge in [0.15, 0.2) is 0 Å². The molecule has 1 unspecified atom stereocenters. The highest BCUT2D eigenvalue weighted by molar-refractivity contribution is 5.32. The van der Waals surface area contributed by atoms with Crippen molar-refractivity contribution in [1.82, 2.24) is 0 Å². The molecule has 1 N–H and O–H groups in total. The molecule has 2 rings (SSSR count). The second kappa shape index (κ2) is 5.05. The Hall–Kier alpha value is -0.820. The molecule has 1 aliphatic carbocycles. The molecular formula is C17H26O. The van der Waals surface area contributed by atoms with E-state index in [0.717, 1.165) is 18.4 Å². The number of rotatable bonds is 2. The molecule has 1 aromatic rings. The van der Waals surface area contributed by atoms with Crippen molar-refractivity contribution in [3.8, 4) is 0 Å². The molecule has 100 valence electrons. The molecule has 1 aliphatic rings. The minimum absolute atomic E-state index is 0.276. The molecule has 0 aromatic heterocycles. The first-order valence-electron chi connectivity index (χ1n) is 7.14. The van der Waals surface area contributed by atoms with Gasteiger partial charge in [-0.15, -0.1) is 0 Å². The summed E-state index contributed by atoms with van der Waals surface area (Å²) in [6.07, 6.45) is 4.50. The van der Waals surface area contributed by atoms with Gasteiger partial charge in [0.1, 0.15) is 0 Å². The maximum atomic E-state index is 10.6. The molecule has 0 bridgehead atoms. The minimum atomic E-state index is -0.276. The SMILES string of the molecule is Cc1ccc(C(O)C2CCC(C)(C)CC2)c(C)c1. The molecule has 1 saturated carbocycles. The van der Waals surface area contributed by atoms with Crippen LogP contribution in [0.5, 0.6) is 0 Å². The van der Waals surface area contributed by atoms with Crippen molar-refractivity contribution in [2.75, 3.05) is 0 Å². The van der Waals surface area contributed by atoms with E-state index in [9.17, 15) is 5.11 Å². The van der Waals surface area contributed by atoms with E-state index in [2.05, 4.69) is 45.9 Å². The summed E-state index contributed by atoms with van der Waals surface area (Å²) in [7, 11) is 0. The summed E-state index contributed by atoms with van der Waals surface area (Å²) in [4.78, 5) is 0. The topological polar surface area (TPSA) is 20.2 Å². The van der Waals surface area contributed by atoms with Crippen LogP contribution in [0.15, 0.2) is 18.2 Å². The Morgan fingerprint density at radius 2 is 1.78 bits per heavy atom. The predicted molar refractivity (Wildman–Crippen MR) is 76.6 cm³/mol. The molecule has 1 atom stereocenters. The van der Waals surface area contributed by atoms with E-state index < -0.39 is 0 Å². The lowest BCUT2D eigenvalue weighted by Gasteiger charge is -2.36. The molecule has 0 aliphatic heterocycles. The van der Waals surface area contributed by atoms with Gasteiger partial charge in [-0.2, -0.15) is 0 Å². The highest BCUT2D eigenvalue weighted by atomic mass is 16.3. The van der Waals surface area contributed by atoms with Crippen molar-refractivity contribution < 1.29 is 5.11 Å². The van der Waals surface area contributed by atoms with Crippen molar-refractivity contribution >= 4 is 0 Å². The standard InChI is InChI=1S/C17H26O/c1-12-5-6-15(13(2)11-12)16(18)14-7-9-17(3,4)10-8-14/h5-6,11,14,16,18H,7-10H2,1-4H3. The number of hydrogen-bond donors (Lipinski definition) is 1. The van der Waals surface area contributed by atoms with Gasteiger partial charge < -0.3 is 5.11 Å². The summed E-state index contributed by atoms with van der Waals surface area (Å²) in [6, 6.07) is 6.39. The van der Waals surface area contributed by atoms with E-state index in [-0.39, 0.29) is 6.10 Å². The number of aryl methyl sites for hydroxylation is 2. The Balaban J connectivity index is 2.10. The highest BCUT2D eigenvalue weighted by Gasteiger charge is 2.31. The summed E-state index contributed by atoms with van der Waals surface area (Å²) < 4.78 is 0. The van der Waals surface area contributed by atoms with Crippen molar-refractivity contribution in [3.63, 3.8) is 0 Å². The number of hydrogen-bond acceptors (Lipinski definition) is 1. The molecular weight excluding hydrogens is 220 g/mol. The zero-order chi connectivity index (χ0) is 13.3. The zero-order valence-corrected chi connectivity index (χ0v) is 12.2. The Kier molecular flexibility index (Phi) is 3.82. The lowest BCUT2D eigenvalue weighted by molar-refractivity contribution is 0.0563. The minimum Gasteiger partial charge on any atom is -0.388 e. The first-order chi connectivity index (χ1) is 8.39. The monoisotopic (exact) mass is 246 g/mol. The third-order valence-corrected chi connectivity index (χ3v) is 4.57.